The molecule has 1 aromatic heterocycles. The van der Waals surface area contributed by atoms with E-state index in [4.69, 9.17) is 9.15 Å². The topological polar surface area (TPSA) is 68.5 Å². The Labute approximate surface area is 157 Å². The predicted octanol–water partition coefficient (Wildman–Crippen LogP) is 3.92. The summed E-state index contributed by atoms with van der Waals surface area (Å²) < 4.78 is 11.0. The zero-order chi connectivity index (χ0) is 19.0. The zero-order valence-corrected chi connectivity index (χ0v) is 15.4. The first-order chi connectivity index (χ1) is 13.0. The molecule has 1 aliphatic rings. The van der Waals surface area contributed by atoms with E-state index in [0.29, 0.717) is 11.3 Å². The molecule has 138 valence electrons. The molecule has 0 spiro atoms. The largest absolute Gasteiger partial charge is 0.484 e. The molecule has 0 unspecified atom stereocenters. The third kappa shape index (κ3) is 3.33. The molecule has 0 saturated heterocycles. The first-order valence-corrected chi connectivity index (χ1v) is 9.10. The van der Waals surface area contributed by atoms with Crippen molar-refractivity contribution in [3.8, 4) is 5.75 Å². The molecule has 0 saturated carbocycles. The number of carbonyl (C=O) groups excluding carboxylic acids is 1. The van der Waals surface area contributed by atoms with E-state index in [1.165, 1.54) is 0 Å². The Balaban J connectivity index is 1.49. The van der Waals surface area contributed by atoms with Crippen molar-refractivity contribution >= 4 is 22.6 Å². The second kappa shape index (κ2) is 6.91. The lowest BCUT2D eigenvalue weighted by Gasteiger charge is -2.11. The van der Waals surface area contributed by atoms with Crippen LogP contribution >= 0.6 is 0 Å². The number of hydrogen-bond donors (Lipinski definition) is 1. The number of hydrogen-bond acceptors (Lipinski definition) is 4. The number of carbonyl (C=O) groups is 1. The molecule has 0 bridgehead atoms. The Bertz CT molecular complexity index is 1100. The molecule has 27 heavy (non-hydrogen) atoms. The second-order valence-corrected chi connectivity index (χ2v) is 6.94. The second-order valence-electron chi connectivity index (χ2n) is 6.94. The van der Waals surface area contributed by atoms with Gasteiger partial charge in [0.1, 0.15) is 11.3 Å². The summed E-state index contributed by atoms with van der Waals surface area (Å²) in [5, 5.41) is 3.82. The lowest BCUT2D eigenvalue weighted by Crippen LogP contribution is -2.20. The maximum Gasteiger partial charge on any atom is 0.339 e. The first-order valence-electron chi connectivity index (χ1n) is 9.10. The molecule has 0 aliphatic heterocycles. The summed E-state index contributed by atoms with van der Waals surface area (Å²) in [6, 6.07) is 11.2. The molecule has 4 rings (SSSR count). The lowest BCUT2D eigenvalue weighted by atomic mass is 10.1. The Kier molecular flexibility index (Phi) is 4.44. The van der Waals surface area contributed by atoms with Gasteiger partial charge < -0.3 is 14.5 Å². The standard InChI is InChI=1S/C22H21NO4/c1-13-5-3-8-19(14(13)2)23-21(24)12-26-15-9-10-17-16-6-4-7-18(16)22(25)27-20(17)11-15/h3,5,8-11H,4,6-7,12H2,1-2H3,(H,23,24). The average Bonchev–Trinajstić information content (AvgIpc) is 3.14. The number of fused-ring (bicyclic) bond motifs is 3. The van der Waals surface area contributed by atoms with Gasteiger partial charge in [-0.05, 0) is 68.0 Å². The van der Waals surface area contributed by atoms with Crippen molar-refractivity contribution in [2.45, 2.75) is 33.1 Å². The van der Waals surface area contributed by atoms with Gasteiger partial charge in [0, 0.05) is 22.7 Å². The molecule has 1 N–H and O–H groups in total. The van der Waals surface area contributed by atoms with E-state index in [-0.39, 0.29) is 18.1 Å². The van der Waals surface area contributed by atoms with Gasteiger partial charge in [-0.25, -0.2) is 4.79 Å². The van der Waals surface area contributed by atoms with E-state index < -0.39 is 0 Å². The van der Waals surface area contributed by atoms with Crippen molar-refractivity contribution < 1.29 is 13.9 Å². The maximum absolute atomic E-state index is 12.2. The molecule has 0 fully saturated rings. The highest BCUT2D eigenvalue weighted by Gasteiger charge is 2.19. The smallest absolute Gasteiger partial charge is 0.339 e. The predicted molar refractivity (Wildman–Crippen MR) is 105 cm³/mol. The quantitative estimate of drug-likeness (QED) is 0.714. The minimum atomic E-state index is -0.264. The third-order valence-corrected chi connectivity index (χ3v) is 5.19. The molecule has 3 aromatic rings. The Morgan fingerprint density at radius 2 is 1.96 bits per heavy atom. The van der Waals surface area contributed by atoms with Crippen LogP contribution in [0.15, 0.2) is 45.6 Å². The molecule has 0 radical (unpaired) electrons. The molecule has 5 nitrogen and oxygen atoms in total. The normalized spacial score (nSPS) is 12.8. The molecule has 2 aromatic carbocycles. The van der Waals surface area contributed by atoms with Gasteiger partial charge >= 0.3 is 5.63 Å². The summed E-state index contributed by atoms with van der Waals surface area (Å²) in [5.41, 5.74) is 5.05. The van der Waals surface area contributed by atoms with E-state index >= 15 is 0 Å². The molecule has 1 heterocycles. The highest BCUT2D eigenvalue weighted by atomic mass is 16.5. The SMILES string of the molecule is Cc1cccc(NC(=O)COc2ccc3c4c(c(=O)oc3c2)CCC4)c1C. The molecule has 5 heteroatoms. The zero-order valence-electron chi connectivity index (χ0n) is 15.4. The highest BCUT2D eigenvalue weighted by molar-refractivity contribution is 5.93. The fourth-order valence-electron chi connectivity index (χ4n) is 3.58. The van der Waals surface area contributed by atoms with E-state index in [2.05, 4.69) is 5.32 Å². The lowest BCUT2D eigenvalue weighted by molar-refractivity contribution is -0.118. The summed E-state index contributed by atoms with van der Waals surface area (Å²) >= 11 is 0. The van der Waals surface area contributed by atoms with Crippen molar-refractivity contribution in [3.05, 3.63) is 69.1 Å². The van der Waals surface area contributed by atoms with Crippen molar-refractivity contribution in [3.63, 3.8) is 0 Å². The summed E-state index contributed by atoms with van der Waals surface area (Å²) in [6.45, 7) is 3.85. The van der Waals surface area contributed by atoms with E-state index in [9.17, 15) is 9.59 Å². The van der Waals surface area contributed by atoms with E-state index in [1.807, 2.05) is 44.2 Å². The summed E-state index contributed by atoms with van der Waals surface area (Å²) in [5.74, 6) is 0.263. The van der Waals surface area contributed by atoms with Gasteiger partial charge in [-0.15, -0.1) is 0 Å². The van der Waals surface area contributed by atoms with Crippen LogP contribution in [-0.2, 0) is 17.6 Å². The third-order valence-electron chi connectivity index (χ3n) is 5.19. The fraction of sp³-hybridized carbons (Fsp3) is 0.273. The number of aryl methyl sites for hydroxylation is 2. The maximum atomic E-state index is 12.2. The van der Waals surface area contributed by atoms with Gasteiger partial charge in [0.25, 0.3) is 5.91 Å². The Morgan fingerprint density at radius 1 is 1.15 bits per heavy atom. The van der Waals surface area contributed by atoms with Crippen molar-refractivity contribution in [2.75, 3.05) is 11.9 Å². The van der Waals surface area contributed by atoms with Gasteiger partial charge in [0.05, 0.1) is 0 Å². The number of benzene rings is 2. The Morgan fingerprint density at radius 3 is 2.81 bits per heavy atom. The molecule has 1 aliphatic carbocycles. The van der Waals surface area contributed by atoms with Crippen molar-refractivity contribution in [1.29, 1.82) is 0 Å². The van der Waals surface area contributed by atoms with Crippen LogP contribution in [0.3, 0.4) is 0 Å². The monoisotopic (exact) mass is 363 g/mol. The van der Waals surface area contributed by atoms with Crippen molar-refractivity contribution in [2.24, 2.45) is 0 Å². The summed E-state index contributed by atoms with van der Waals surface area (Å²) in [4.78, 5) is 24.3. The average molecular weight is 363 g/mol. The Hall–Kier alpha value is -3.08. The molecular weight excluding hydrogens is 342 g/mol. The number of nitrogens with one attached hydrogen (secondary N) is 1. The molecule has 0 atom stereocenters. The minimum absolute atomic E-state index is 0.117. The molecule has 1 amide bonds. The van der Waals surface area contributed by atoms with Crippen LogP contribution < -0.4 is 15.7 Å². The number of anilines is 1. The first kappa shape index (κ1) is 17.3. The van der Waals surface area contributed by atoms with Gasteiger partial charge in [-0.3, -0.25) is 4.79 Å². The van der Waals surface area contributed by atoms with Crippen molar-refractivity contribution in [1.82, 2.24) is 0 Å². The minimum Gasteiger partial charge on any atom is -0.484 e. The van der Waals surface area contributed by atoms with Gasteiger partial charge in [0.15, 0.2) is 6.61 Å². The summed E-state index contributed by atoms with van der Waals surface area (Å²) in [7, 11) is 0. The van der Waals surface area contributed by atoms with E-state index in [0.717, 1.165) is 52.6 Å². The van der Waals surface area contributed by atoms with Gasteiger partial charge in [-0.2, -0.15) is 0 Å². The van der Waals surface area contributed by atoms with Gasteiger partial charge in [0.2, 0.25) is 0 Å². The highest BCUT2D eigenvalue weighted by Crippen LogP contribution is 2.29. The number of ether oxygens (including phenoxy) is 1. The summed E-state index contributed by atoms with van der Waals surface area (Å²) in [6.07, 6.45) is 2.66. The van der Waals surface area contributed by atoms with Crippen LogP contribution in [0.1, 0.15) is 28.7 Å². The number of amides is 1. The molecular formula is C22H21NO4. The van der Waals surface area contributed by atoms with E-state index in [1.54, 1.807) is 6.07 Å². The van der Waals surface area contributed by atoms with Crippen LogP contribution in [0.2, 0.25) is 0 Å². The fourth-order valence-corrected chi connectivity index (χ4v) is 3.58. The van der Waals surface area contributed by atoms with Crippen LogP contribution in [0.4, 0.5) is 5.69 Å². The van der Waals surface area contributed by atoms with Gasteiger partial charge in [-0.1, -0.05) is 12.1 Å². The number of rotatable bonds is 4. The van der Waals surface area contributed by atoms with Crippen LogP contribution in [0.5, 0.6) is 5.75 Å². The van der Waals surface area contributed by atoms with Crippen LogP contribution in [0.25, 0.3) is 11.0 Å². The van der Waals surface area contributed by atoms with Crippen LogP contribution in [0, 0.1) is 13.8 Å². The van der Waals surface area contributed by atoms with Crippen LogP contribution in [-0.4, -0.2) is 12.5 Å².